The van der Waals surface area contributed by atoms with Crippen LogP contribution in [0.1, 0.15) is 47.3 Å². The molecule has 7 heteroatoms. The summed E-state index contributed by atoms with van der Waals surface area (Å²) in [6.07, 6.45) is 2.81. The van der Waals surface area contributed by atoms with E-state index < -0.39 is 11.2 Å². The highest BCUT2D eigenvalue weighted by Gasteiger charge is 2.31. The molecular formula is C21H20N4O3. The molecule has 0 unspecified atom stereocenters. The average Bonchev–Trinajstić information content (AvgIpc) is 3.46. The van der Waals surface area contributed by atoms with Crippen LogP contribution in [-0.4, -0.2) is 27.0 Å². The van der Waals surface area contributed by atoms with E-state index >= 15 is 0 Å². The van der Waals surface area contributed by atoms with Crippen molar-refractivity contribution in [1.82, 2.24) is 14.5 Å². The first-order chi connectivity index (χ1) is 13.6. The molecule has 0 spiro atoms. The van der Waals surface area contributed by atoms with Crippen LogP contribution in [0.25, 0.3) is 11.0 Å². The molecular weight excluding hydrogens is 356 g/mol. The number of aryl methyl sites for hydroxylation is 1. The maximum Gasteiger partial charge on any atom is 0.329 e. The van der Waals surface area contributed by atoms with E-state index in [1.165, 1.54) is 4.57 Å². The van der Waals surface area contributed by atoms with Gasteiger partial charge in [-0.25, -0.2) is 9.78 Å². The number of rotatable bonds is 3. The highest BCUT2D eigenvalue weighted by atomic mass is 16.2. The minimum Gasteiger partial charge on any atom is -0.308 e. The lowest BCUT2D eigenvalue weighted by Gasteiger charge is -2.19. The van der Waals surface area contributed by atoms with E-state index in [9.17, 15) is 14.4 Å². The number of fused-ring (bicyclic) bond motifs is 2. The van der Waals surface area contributed by atoms with Gasteiger partial charge in [-0.2, -0.15) is 0 Å². The van der Waals surface area contributed by atoms with Crippen molar-refractivity contribution in [2.24, 2.45) is 0 Å². The van der Waals surface area contributed by atoms with E-state index in [-0.39, 0.29) is 11.3 Å². The van der Waals surface area contributed by atoms with Crippen molar-refractivity contribution in [1.29, 1.82) is 0 Å². The summed E-state index contributed by atoms with van der Waals surface area (Å²) in [5.41, 5.74) is 2.36. The third-order valence-electron chi connectivity index (χ3n) is 5.64. The lowest BCUT2D eigenvalue weighted by Crippen LogP contribution is -2.34. The Hall–Kier alpha value is -3.22. The number of hydrogen-bond acceptors (Lipinski definition) is 4. The molecule has 1 N–H and O–H groups in total. The highest BCUT2D eigenvalue weighted by molar-refractivity contribution is 6.13. The molecule has 5 rings (SSSR count). The van der Waals surface area contributed by atoms with Gasteiger partial charge < -0.3 is 4.90 Å². The van der Waals surface area contributed by atoms with Crippen molar-refractivity contribution >= 4 is 22.6 Å². The van der Waals surface area contributed by atoms with Crippen molar-refractivity contribution in [3.05, 3.63) is 68.0 Å². The zero-order chi connectivity index (χ0) is 19.4. The van der Waals surface area contributed by atoms with Gasteiger partial charge in [-0.15, -0.1) is 0 Å². The fourth-order valence-corrected chi connectivity index (χ4v) is 4.04. The largest absolute Gasteiger partial charge is 0.329 e. The molecule has 7 nitrogen and oxygen atoms in total. The number of carbonyl (C=O) groups is 1. The van der Waals surface area contributed by atoms with Crippen LogP contribution in [0, 0.1) is 0 Å². The number of benzene rings is 1. The summed E-state index contributed by atoms with van der Waals surface area (Å²) >= 11 is 0. The monoisotopic (exact) mass is 376 g/mol. The molecule has 1 amide bonds. The minimum absolute atomic E-state index is 0.195. The first-order valence-corrected chi connectivity index (χ1v) is 9.66. The van der Waals surface area contributed by atoms with Gasteiger partial charge in [-0.1, -0.05) is 18.2 Å². The first-order valence-electron chi connectivity index (χ1n) is 9.66. The number of hydrogen-bond donors (Lipinski definition) is 1. The minimum atomic E-state index is -0.560. The molecule has 2 aliphatic rings. The van der Waals surface area contributed by atoms with Crippen molar-refractivity contribution in [2.45, 2.75) is 38.6 Å². The predicted octanol–water partition coefficient (Wildman–Crippen LogP) is 2.18. The maximum atomic E-state index is 13.5. The summed E-state index contributed by atoms with van der Waals surface area (Å²) in [4.78, 5) is 47.1. The molecule has 1 aliphatic carbocycles. The topological polar surface area (TPSA) is 88.1 Å². The second-order valence-corrected chi connectivity index (χ2v) is 7.41. The van der Waals surface area contributed by atoms with Gasteiger partial charge in [0, 0.05) is 30.4 Å². The number of H-pyrrole nitrogens is 1. The maximum absolute atomic E-state index is 13.5. The van der Waals surface area contributed by atoms with Gasteiger partial charge in [0.15, 0.2) is 5.65 Å². The second kappa shape index (κ2) is 6.15. The fourth-order valence-electron chi connectivity index (χ4n) is 4.04. The number of aromatic nitrogens is 3. The first kappa shape index (κ1) is 16.9. The summed E-state index contributed by atoms with van der Waals surface area (Å²) in [6, 6.07) is 9.57. The smallest absolute Gasteiger partial charge is 0.308 e. The highest BCUT2D eigenvalue weighted by Crippen LogP contribution is 2.40. The summed E-state index contributed by atoms with van der Waals surface area (Å²) in [6.45, 7) is 2.77. The summed E-state index contributed by atoms with van der Waals surface area (Å²) < 4.78 is 1.43. The Kier molecular flexibility index (Phi) is 3.72. The molecule has 0 atom stereocenters. The van der Waals surface area contributed by atoms with Crippen molar-refractivity contribution < 1.29 is 4.79 Å². The number of amides is 1. The van der Waals surface area contributed by atoms with Gasteiger partial charge in [0.25, 0.3) is 11.5 Å². The van der Waals surface area contributed by atoms with Gasteiger partial charge in [0.05, 0.1) is 10.9 Å². The van der Waals surface area contributed by atoms with E-state index in [1.54, 1.807) is 11.0 Å². The van der Waals surface area contributed by atoms with E-state index in [0.717, 1.165) is 36.2 Å². The lowest BCUT2D eigenvalue weighted by molar-refractivity contribution is 0.0990. The van der Waals surface area contributed by atoms with Crippen LogP contribution < -0.4 is 16.1 Å². The molecule has 1 fully saturated rings. The predicted molar refractivity (Wildman–Crippen MR) is 106 cm³/mol. The quantitative estimate of drug-likeness (QED) is 0.759. The molecule has 3 heterocycles. The SMILES string of the molecule is CCn1c(=O)[nH]c(=O)c2c(C(=O)N3CCc4ccccc43)cc(C3CC3)nc21. The number of nitrogens with one attached hydrogen (secondary N) is 1. The van der Waals surface area contributed by atoms with Gasteiger partial charge >= 0.3 is 5.69 Å². The van der Waals surface area contributed by atoms with Crippen LogP contribution in [0.3, 0.4) is 0 Å². The number of anilines is 1. The number of aromatic amines is 1. The van der Waals surface area contributed by atoms with Crippen LogP contribution in [-0.2, 0) is 13.0 Å². The molecule has 0 saturated heterocycles. The number of para-hydroxylation sites is 1. The second-order valence-electron chi connectivity index (χ2n) is 7.41. The molecule has 0 radical (unpaired) electrons. The Labute approximate surface area is 160 Å². The summed E-state index contributed by atoms with van der Waals surface area (Å²) in [5.74, 6) is 0.0764. The summed E-state index contributed by atoms with van der Waals surface area (Å²) in [5, 5.41) is 0.195. The number of nitrogens with zero attached hydrogens (tertiary/aromatic N) is 3. The van der Waals surface area contributed by atoms with E-state index in [2.05, 4.69) is 9.97 Å². The van der Waals surface area contributed by atoms with Crippen molar-refractivity contribution in [3.8, 4) is 0 Å². The standard InChI is InChI=1S/C21H20N4O3/c1-2-24-18-17(19(26)23-21(24)28)14(11-15(22-18)12-7-8-12)20(27)25-10-9-13-5-3-4-6-16(13)25/h3-6,11-12H,2,7-10H2,1H3,(H,23,26,28). The molecule has 2 aromatic heterocycles. The molecule has 1 aliphatic heterocycles. The number of pyridine rings is 1. The van der Waals surface area contributed by atoms with E-state index in [0.29, 0.717) is 30.2 Å². The van der Waals surface area contributed by atoms with Crippen LogP contribution in [0.5, 0.6) is 0 Å². The van der Waals surface area contributed by atoms with Crippen LogP contribution in [0.4, 0.5) is 5.69 Å². The van der Waals surface area contributed by atoms with E-state index in [1.807, 2.05) is 31.2 Å². The van der Waals surface area contributed by atoms with Gasteiger partial charge in [0.1, 0.15) is 0 Å². The third-order valence-corrected chi connectivity index (χ3v) is 5.64. The van der Waals surface area contributed by atoms with Crippen LogP contribution in [0.2, 0.25) is 0 Å². The van der Waals surface area contributed by atoms with Gasteiger partial charge in [0.2, 0.25) is 0 Å². The normalized spacial score (nSPS) is 15.8. The zero-order valence-corrected chi connectivity index (χ0v) is 15.6. The van der Waals surface area contributed by atoms with Crippen molar-refractivity contribution in [2.75, 3.05) is 11.4 Å². The molecule has 0 bridgehead atoms. The summed E-state index contributed by atoms with van der Waals surface area (Å²) in [7, 11) is 0. The Morgan fingerprint density at radius 1 is 1.25 bits per heavy atom. The molecule has 1 saturated carbocycles. The number of carbonyl (C=O) groups excluding carboxylic acids is 1. The van der Waals surface area contributed by atoms with Crippen molar-refractivity contribution in [3.63, 3.8) is 0 Å². The Balaban J connectivity index is 1.76. The Bertz CT molecular complexity index is 1240. The molecule has 28 heavy (non-hydrogen) atoms. The molecule has 3 aromatic rings. The fraction of sp³-hybridized carbons (Fsp3) is 0.333. The van der Waals surface area contributed by atoms with Crippen LogP contribution in [0.15, 0.2) is 39.9 Å². The Morgan fingerprint density at radius 2 is 2.04 bits per heavy atom. The molecule has 1 aromatic carbocycles. The van der Waals surface area contributed by atoms with Crippen LogP contribution >= 0.6 is 0 Å². The third kappa shape index (κ3) is 2.50. The average molecular weight is 376 g/mol. The van der Waals surface area contributed by atoms with Gasteiger partial charge in [-0.3, -0.25) is 19.1 Å². The Morgan fingerprint density at radius 3 is 2.79 bits per heavy atom. The molecule has 142 valence electrons. The van der Waals surface area contributed by atoms with E-state index in [4.69, 9.17) is 0 Å². The lowest BCUT2D eigenvalue weighted by atomic mass is 10.1. The zero-order valence-electron chi connectivity index (χ0n) is 15.6. The van der Waals surface area contributed by atoms with Gasteiger partial charge in [-0.05, 0) is 43.9 Å².